The van der Waals surface area contributed by atoms with E-state index in [0.29, 0.717) is 19.4 Å². The molecule has 0 aliphatic rings. The lowest BCUT2D eigenvalue weighted by atomic mass is 10.1. The Hall–Kier alpha value is -5.07. The first-order valence-electron chi connectivity index (χ1n) is 22.7. The van der Waals surface area contributed by atoms with Crippen LogP contribution in [0.3, 0.4) is 0 Å². The lowest BCUT2D eigenvalue weighted by Gasteiger charge is -2.21. The van der Waals surface area contributed by atoms with Gasteiger partial charge < -0.3 is 14.6 Å². The van der Waals surface area contributed by atoms with Gasteiger partial charge in [-0.3, -0.25) is 13.8 Å². The Bertz CT molecular complexity index is 3030. The maximum atomic E-state index is 12.4. The molecule has 384 valence electrons. The maximum Gasteiger partial charge on any atom is 0.297 e. The van der Waals surface area contributed by atoms with Gasteiger partial charge in [-0.05, 0) is 141 Å². The lowest BCUT2D eigenvalue weighted by molar-refractivity contribution is 0.185. The molecule has 2 atom stereocenters. The van der Waals surface area contributed by atoms with Gasteiger partial charge in [0.15, 0.2) is 21.5 Å². The van der Waals surface area contributed by atoms with Gasteiger partial charge in [0.05, 0.1) is 45.5 Å². The lowest BCUT2D eigenvalue weighted by Crippen LogP contribution is -2.36. The summed E-state index contributed by atoms with van der Waals surface area (Å²) in [5.41, 5.74) is 4.39. The number of hydrogen-bond acceptors (Lipinski definition) is 12. The van der Waals surface area contributed by atoms with E-state index >= 15 is 0 Å². The highest BCUT2D eigenvalue weighted by Gasteiger charge is 2.22. The molecule has 0 bridgehead atoms. The Morgan fingerprint density at radius 3 is 1.28 bits per heavy atom. The Kier molecular flexibility index (Phi) is 21.0. The van der Waals surface area contributed by atoms with Crippen LogP contribution in [0.5, 0.6) is 11.5 Å². The number of aliphatic hydroxyl groups excluding tert-OH is 1. The molecular formula is C52H63Cl3N4O10S2. The Balaban J connectivity index is 0.000000263. The fourth-order valence-corrected chi connectivity index (χ4v) is 8.64. The molecule has 19 heteroatoms. The topological polar surface area (TPSA) is 186 Å². The molecule has 4 aromatic carbocycles. The summed E-state index contributed by atoms with van der Waals surface area (Å²) in [5.74, 6) is 0.521. The molecule has 6 aromatic rings. The second-order valence-corrected chi connectivity index (χ2v) is 23.9. The fourth-order valence-electron chi connectivity index (χ4n) is 6.39. The Labute approximate surface area is 432 Å². The molecular weight excluding hydrogens is 1010 g/mol. The summed E-state index contributed by atoms with van der Waals surface area (Å²) in [7, 11) is -2.26. The molecule has 0 amide bonds. The number of rotatable bonds is 16. The number of hydrogen-bond donors (Lipinski definition) is 1. The molecule has 71 heavy (non-hydrogen) atoms. The van der Waals surface area contributed by atoms with Crippen LogP contribution in [0.4, 0.5) is 0 Å². The number of ether oxygens (including phenoxy) is 2. The van der Waals surface area contributed by atoms with Crippen LogP contribution in [0.15, 0.2) is 129 Å². The smallest absolute Gasteiger partial charge is 0.297 e. The zero-order valence-electron chi connectivity index (χ0n) is 41.7. The quantitative estimate of drug-likeness (QED) is 0.0715. The number of halogens is 3. The van der Waals surface area contributed by atoms with Crippen molar-refractivity contribution in [2.75, 3.05) is 0 Å². The Morgan fingerprint density at radius 2 is 0.930 bits per heavy atom. The number of aliphatic hydroxyl groups is 1. The van der Waals surface area contributed by atoms with Crippen molar-refractivity contribution in [1.82, 2.24) is 19.6 Å². The van der Waals surface area contributed by atoms with Gasteiger partial charge in [-0.25, -0.2) is 17.8 Å². The normalized spacial score (nSPS) is 12.7. The van der Waals surface area contributed by atoms with Crippen LogP contribution in [0.1, 0.15) is 102 Å². The van der Waals surface area contributed by atoms with E-state index in [1.54, 1.807) is 50.2 Å². The van der Waals surface area contributed by atoms with Crippen LogP contribution in [-0.4, -0.2) is 53.7 Å². The second kappa shape index (κ2) is 25.5. The summed E-state index contributed by atoms with van der Waals surface area (Å²) >= 11 is 12.4. The van der Waals surface area contributed by atoms with Gasteiger partial charge in [-0.15, -0.1) is 0 Å². The van der Waals surface area contributed by atoms with E-state index in [1.165, 1.54) is 33.9 Å². The molecule has 0 spiro atoms. The number of aryl methyl sites for hydroxylation is 4. The number of benzene rings is 4. The van der Waals surface area contributed by atoms with Crippen molar-refractivity contribution in [3.8, 4) is 11.5 Å². The minimum absolute atomic E-state index is 0.00104. The predicted octanol–water partition coefficient (Wildman–Crippen LogP) is 10.7. The molecule has 2 aromatic heterocycles. The minimum atomic E-state index is -3.79. The fraction of sp³-hybridized carbons (Fsp3) is 0.385. The predicted molar refractivity (Wildman–Crippen MR) is 280 cm³/mol. The molecule has 0 fully saturated rings. The Morgan fingerprint density at radius 1 is 0.577 bits per heavy atom. The van der Waals surface area contributed by atoms with E-state index in [-0.39, 0.29) is 49.6 Å². The molecule has 2 heterocycles. The van der Waals surface area contributed by atoms with E-state index in [4.69, 9.17) is 47.5 Å². The van der Waals surface area contributed by atoms with Crippen molar-refractivity contribution in [2.24, 2.45) is 0 Å². The first-order chi connectivity index (χ1) is 33.0. The van der Waals surface area contributed by atoms with Gasteiger partial charge in [0.25, 0.3) is 30.3 Å². The van der Waals surface area contributed by atoms with E-state index in [0.717, 1.165) is 46.2 Å². The summed E-state index contributed by atoms with van der Waals surface area (Å²) in [5, 5.41) is 17.7. The van der Waals surface area contributed by atoms with Crippen LogP contribution < -0.4 is 20.6 Å². The van der Waals surface area contributed by atoms with Gasteiger partial charge >= 0.3 is 0 Å². The van der Waals surface area contributed by atoms with Gasteiger partial charge in [0.1, 0.15) is 13.2 Å². The molecule has 1 N–H and O–H groups in total. The average molecular weight is 1070 g/mol. The SMILES string of the molecule is CC(O)CCc1ccc(COc2cnn(C(C)(C)C)c(=O)c2Cl)cc1.Cc1ccc(S(=O)(=O)Cl)cc1.Cc1ccc(S(=O)(=O)OC(C)CCc2ccc(COc3cnn(C(C)(C)C)c(=O)c3Cl)cc2)cc1. The van der Waals surface area contributed by atoms with E-state index < -0.39 is 41.9 Å². The summed E-state index contributed by atoms with van der Waals surface area (Å²) in [6, 6.07) is 28.7. The number of nitrogens with zero attached hydrogens (tertiary/aromatic N) is 4. The highest BCUT2D eigenvalue weighted by Crippen LogP contribution is 2.24. The van der Waals surface area contributed by atoms with Crippen LogP contribution in [0.25, 0.3) is 0 Å². The monoisotopic (exact) mass is 1070 g/mol. The van der Waals surface area contributed by atoms with Crippen LogP contribution in [0.2, 0.25) is 10.0 Å². The zero-order chi connectivity index (χ0) is 52.9. The van der Waals surface area contributed by atoms with Gasteiger partial charge in [0, 0.05) is 10.7 Å². The summed E-state index contributed by atoms with van der Waals surface area (Å²) in [6.07, 6.45) is 4.95. The van der Waals surface area contributed by atoms with Gasteiger partial charge in [-0.2, -0.15) is 18.6 Å². The standard InChI is InChI=1S/C26H31ClN2O5S.C19H25ClN2O3.C7H7ClO2S/c1-18-6-14-22(15-7-18)35(31,32)34-19(2)8-9-20-10-12-21(13-11-20)17-33-23-16-28-29(26(3,4)5)25(30)24(23)27;1-13(23)5-6-14-7-9-15(10-8-14)12-25-16-11-21-22(19(2,3)4)18(24)17(16)20;1-6-2-4-7(5-3-6)11(8,9)10/h6-7,10-16,19H,8-9,17H2,1-5H3;7-11,13,23H,5-6,12H2,1-4H3;2-5H,1H3. The van der Waals surface area contributed by atoms with Crippen molar-refractivity contribution < 1.29 is 35.6 Å². The molecule has 0 saturated heterocycles. The van der Waals surface area contributed by atoms with Crippen LogP contribution in [-0.2, 0) is 60.5 Å². The van der Waals surface area contributed by atoms with Crippen molar-refractivity contribution in [3.63, 3.8) is 0 Å². The molecule has 0 aliphatic carbocycles. The average Bonchev–Trinajstić information content (AvgIpc) is 3.28. The van der Waals surface area contributed by atoms with E-state index in [2.05, 4.69) is 10.2 Å². The maximum absolute atomic E-state index is 12.4. The third kappa shape index (κ3) is 18.5. The highest BCUT2D eigenvalue weighted by molar-refractivity contribution is 8.13. The summed E-state index contributed by atoms with van der Waals surface area (Å²) in [4.78, 5) is 25.0. The van der Waals surface area contributed by atoms with Crippen molar-refractivity contribution >= 4 is 53.1 Å². The first kappa shape index (κ1) is 58.5. The highest BCUT2D eigenvalue weighted by atomic mass is 35.7. The van der Waals surface area contributed by atoms with Crippen LogP contribution >= 0.6 is 33.9 Å². The van der Waals surface area contributed by atoms with Crippen molar-refractivity contribution in [3.05, 3.63) is 174 Å². The second-order valence-electron chi connectivity index (χ2n) is 19.0. The molecule has 0 radical (unpaired) electrons. The van der Waals surface area contributed by atoms with Gasteiger partial charge in [0.2, 0.25) is 0 Å². The minimum Gasteiger partial charge on any atom is -0.485 e. The van der Waals surface area contributed by atoms with Gasteiger partial charge in [-0.1, -0.05) is 107 Å². The molecule has 2 unspecified atom stereocenters. The van der Waals surface area contributed by atoms with Crippen molar-refractivity contribution in [2.45, 2.75) is 141 Å². The molecule has 0 aliphatic heterocycles. The third-order valence-corrected chi connectivity index (χ3v) is 14.0. The summed E-state index contributed by atoms with van der Waals surface area (Å²) in [6.45, 7) is 19.1. The largest absolute Gasteiger partial charge is 0.485 e. The van der Waals surface area contributed by atoms with Crippen molar-refractivity contribution in [1.29, 1.82) is 0 Å². The summed E-state index contributed by atoms with van der Waals surface area (Å²) < 4.78 is 65.7. The first-order valence-corrected chi connectivity index (χ1v) is 27.2. The van der Waals surface area contributed by atoms with E-state index in [9.17, 15) is 31.5 Å². The molecule has 0 saturated carbocycles. The molecule has 14 nitrogen and oxygen atoms in total. The third-order valence-electron chi connectivity index (χ3n) is 10.5. The van der Waals surface area contributed by atoms with Crippen LogP contribution in [0, 0.1) is 13.8 Å². The number of aromatic nitrogens is 4. The zero-order valence-corrected chi connectivity index (χ0v) is 45.6. The molecule has 6 rings (SSSR count). The van der Waals surface area contributed by atoms with E-state index in [1.807, 2.05) is 104 Å².